The van der Waals surface area contributed by atoms with Gasteiger partial charge in [-0.3, -0.25) is 0 Å². The van der Waals surface area contributed by atoms with E-state index in [0.29, 0.717) is 11.3 Å². The van der Waals surface area contributed by atoms with E-state index in [1.165, 1.54) is 4.88 Å². The second-order valence-electron chi connectivity index (χ2n) is 5.30. The van der Waals surface area contributed by atoms with Crippen molar-refractivity contribution in [2.75, 3.05) is 11.9 Å². The Kier molecular flexibility index (Phi) is 4.01. The van der Waals surface area contributed by atoms with Gasteiger partial charge in [-0.2, -0.15) is 0 Å². The molecule has 2 N–H and O–H groups in total. The monoisotopic (exact) mass is 322 g/mol. The molecule has 0 saturated heterocycles. The Morgan fingerprint density at radius 1 is 1.38 bits per heavy atom. The molecule has 1 aliphatic heterocycles. The Labute approximate surface area is 129 Å². The summed E-state index contributed by atoms with van der Waals surface area (Å²) in [7, 11) is -3.46. The quantitative estimate of drug-likeness (QED) is 0.890. The molecule has 1 aromatic carbocycles. The molecule has 1 aromatic heterocycles. The summed E-state index contributed by atoms with van der Waals surface area (Å²) < 4.78 is 27.6. The minimum atomic E-state index is -3.46. The zero-order valence-corrected chi connectivity index (χ0v) is 13.4. The predicted molar refractivity (Wildman–Crippen MR) is 86.4 cm³/mol. The number of anilines is 1. The lowest BCUT2D eigenvalue weighted by Gasteiger charge is -2.14. The summed E-state index contributed by atoms with van der Waals surface area (Å²) >= 11 is 1.65. The van der Waals surface area contributed by atoms with Crippen molar-refractivity contribution >= 4 is 27.0 Å². The van der Waals surface area contributed by atoms with Crippen molar-refractivity contribution in [3.8, 4) is 0 Å². The van der Waals surface area contributed by atoms with Gasteiger partial charge in [0.2, 0.25) is 10.0 Å². The van der Waals surface area contributed by atoms with Crippen LogP contribution >= 0.6 is 11.3 Å². The van der Waals surface area contributed by atoms with Crippen LogP contribution in [0.1, 0.15) is 17.4 Å². The predicted octanol–water partition coefficient (Wildman–Crippen LogP) is 2.63. The summed E-state index contributed by atoms with van der Waals surface area (Å²) in [5, 5.41) is 5.24. The lowest BCUT2D eigenvalue weighted by atomic mass is 10.2. The number of sulfonamides is 1. The maximum absolute atomic E-state index is 12.4. The van der Waals surface area contributed by atoms with Crippen LogP contribution in [0.2, 0.25) is 0 Å². The number of hydrogen-bond acceptors (Lipinski definition) is 4. The molecule has 0 fully saturated rings. The Bertz CT molecular complexity index is 724. The molecule has 6 heteroatoms. The fourth-order valence-electron chi connectivity index (χ4n) is 2.55. The maximum Gasteiger partial charge on any atom is 0.240 e. The third kappa shape index (κ3) is 3.28. The standard InChI is InChI=1S/C15H18N2O2S2/c1-11(9-13-3-2-8-20-13)17-21(18,19)14-4-5-15-12(10-14)6-7-16-15/h2-5,8,10-11,16-17H,6-7,9H2,1H3. The van der Waals surface area contributed by atoms with E-state index in [4.69, 9.17) is 0 Å². The van der Waals surface area contributed by atoms with Crippen LogP contribution < -0.4 is 10.0 Å². The van der Waals surface area contributed by atoms with Gasteiger partial charge in [0.1, 0.15) is 0 Å². The Balaban J connectivity index is 1.74. The molecule has 0 saturated carbocycles. The lowest BCUT2D eigenvalue weighted by molar-refractivity contribution is 0.560. The van der Waals surface area contributed by atoms with Gasteiger partial charge in [0.05, 0.1) is 4.90 Å². The second-order valence-corrected chi connectivity index (χ2v) is 8.05. The molecule has 2 aromatic rings. The van der Waals surface area contributed by atoms with Gasteiger partial charge in [-0.1, -0.05) is 6.07 Å². The number of hydrogen-bond donors (Lipinski definition) is 2. The summed E-state index contributed by atoms with van der Waals surface area (Å²) in [6, 6.07) is 9.17. The summed E-state index contributed by atoms with van der Waals surface area (Å²) in [4.78, 5) is 1.53. The molecule has 0 radical (unpaired) electrons. The first-order valence-electron chi connectivity index (χ1n) is 6.96. The highest BCUT2D eigenvalue weighted by Crippen LogP contribution is 2.25. The van der Waals surface area contributed by atoms with E-state index < -0.39 is 10.0 Å². The van der Waals surface area contributed by atoms with Gasteiger partial charge >= 0.3 is 0 Å². The highest BCUT2D eigenvalue weighted by atomic mass is 32.2. The van der Waals surface area contributed by atoms with Gasteiger partial charge in [0.15, 0.2) is 0 Å². The zero-order chi connectivity index (χ0) is 14.9. The molecular weight excluding hydrogens is 304 g/mol. The van der Waals surface area contributed by atoms with E-state index in [1.54, 1.807) is 23.5 Å². The van der Waals surface area contributed by atoms with E-state index in [9.17, 15) is 8.42 Å². The first kappa shape index (κ1) is 14.6. The molecule has 2 heterocycles. The Morgan fingerprint density at radius 2 is 2.24 bits per heavy atom. The Morgan fingerprint density at radius 3 is 3.00 bits per heavy atom. The molecule has 21 heavy (non-hydrogen) atoms. The summed E-state index contributed by atoms with van der Waals surface area (Å²) in [5.41, 5.74) is 2.12. The van der Waals surface area contributed by atoms with Crippen molar-refractivity contribution in [3.05, 3.63) is 46.2 Å². The van der Waals surface area contributed by atoms with Crippen molar-refractivity contribution in [1.29, 1.82) is 0 Å². The molecule has 0 amide bonds. The normalized spacial score (nSPS) is 15.5. The molecule has 1 atom stereocenters. The smallest absolute Gasteiger partial charge is 0.240 e. The van der Waals surface area contributed by atoms with Crippen LogP contribution in [0.5, 0.6) is 0 Å². The van der Waals surface area contributed by atoms with Gasteiger partial charge in [-0.15, -0.1) is 11.3 Å². The minimum absolute atomic E-state index is 0.125. The molecule has 1 unspecified atom stereocenters. The zero-order valence-electron chi connectivity index (χ0n) is 11.8. The van der Waals surface area contributed by atoms with Gasteiger partial charge in [0, 0.05) is 23.2 Å². The van der Waals surface area contributed by atoms with Crippen LogP contribution in [-0.2, 0) is 22.9 Å². The van der Waals surface area contributed by atoms with Gasteiger partial charge < -0.3 is 5.32 Å². The third-order valence-corrected chi connectivity index (χ3v) is 6.03. The van der Waals surface area contributed by atoms with Crippen LogP contribution in [0.3, 0.4) is 0 Å². The third-order valence-electron chi connectivity index (χ3n) is 3.54. The van der Waals surface area contributed by atoms with Gasteiger partial charge in [0.25, 0.3) is 0 Å². The van der Waals surface area contributed by atoms with Gasteiger partial charge in [-0.25, -0.2) is 13.1 Å². The average molecular weight is 322 g/mol. The largest absolute Gasteiger partial charge is 0.384 e. The van der Waals surface area contributed by atoms with Crippen molar-refractivity contribution in [1.82, 2.24) is 4.72 Å². The highest BCUT2D eigenvalue weighted by Gasteiger charge is 2.20. The summed E-state index contributed by atoms with van der Waals surface area (Å²) in [6.45, 7) is 2.77. The number of fused-ring (bicyclic) bond motifs is 1. The van der Waals surface area contributed by atoms with Crippen LogP contribution in [0.4, 0.5) is 5.69 Å². The van der Waals surface area contributed by atoms with Crippen molar-refractivity contribution in [2.24, 2.45) is 0 Å². The van der Waals surface area contributed by atoms with E-state index in [2.05, 4.69) is 10.0 Å². The fraction of sp³-hybridized carbons (Fsp3) is 0.333. The minimum Gasteiger partial charge on any atom is -0.384 e. The van der Waals surface area contributed by atoms with E-state index in [1.807, 2.05) is 30.5 Å². The Hall–Kier alpha value is -1.37. The van der Waals surface area contributed by atoms with Crippen LogP contribution in [-0.4, -0.2) is 21.0 Å². The van der Waals surface area contributed by atoms with Crippen LogP contribution in [0.15, 0.2) is 40.6 Å². The van der Waals surface area contributed by atoms with Crippen molar-refractivity contribution < 1.29 is 8.42 Å². The van der Waals surface area contributed by atoms with Crippen molar-refractivity contribution in [3.63, 3.8) is 0 Å². The number of nitrogens with one attached hydrogen (secondary N) is 2. The maximum atomic E-state index is 12.4. The fourth-order valence-corrected chi connectivity index (χ4v) is 4.68. The van der Waals surface area contributed by atoms with E-state index >= 15 is 0 Å². The summed E-state index contributed by atoms with van der Waals surface area (Å²) in [5.74, 6) is 0. The lowest BCUT2D eigenvalue weighted by Crippen LogP contribution is -2.33. The number of rotatable bonds is 5. The van der Waals surface area contributed by atoms with Crippen molar-refractivity contribution in [2.45, 2.75) is 30.7 Å². The molecule has 112 valence electrons. The topological polar surface area (TPSA) is 58.2 Å². The SMILES string of the molecule is CC(Cc1cccs1)NS(=O)(=O)c1ccc2c(c1)CCN2. The summed E-state index contributed by atoms with van der Waals surface area (Å²) in [6.07, 6.45) is 1.59. The molecule has 0 bridgehead atoms. The van der Waals surface area contributed by atoms with E-state index in [-0.39, 0.29) is 6.04 Å². The highest BCUT2D eigenvalue weighted by molar-refractivity contribution is 7.89. The van der Waals surface area contributed by atoms with Crippen LogP contribution in [0.25, 0.3) is 0 Å². The second kappa shape index (κ2) is 5.79. The average Bonchev–Trinajstić information content (AvgIpc) is 3.07. The molecule has 0 spiro atoms. The van der Waals surface area contributed by atoms with Crippen LogP contribution in [0, 0.1) is 0 Å². The molecule has 0 aliphatic carbocycles. The first-order valence-corrected chi connectivity index (χ1v) is 9.32. The number of benzene rings is 1. The molecular formula is C15H18N2O2S2. The van der Waals surface area contributed by atoms with E-state index in [0.717, 1.165) is 24.2 Å². The molecule has 4 nitrogen and oxygen atoms in total. The first-order chi connectivity index (χ1) is 10.0. The van der Waals surface area contributed by atoms with Gasteiger partial charge in [-0.05, 0) is 55.0 Å². The molecule has 1 aliphatic rings. The molecule has 3 rings (SSSR count). The number of thiophene rings is 1.